The third-order valence-electron chi connectivity index (χ3n) is 4.08. The number of ether oxygens (including phenoxy) is 2. The lowest BCUT2D eigenvalue weighted by Crippen LogP contribution is -2.52. The molecule has 0 radical (unpaired) electrons. The van der Waals surface area contributed by atoms with E-state index in [2.05, 4.69) is 0 Å². The maximum Gasteiger partial charge on any atom is 0.308 e. The number of Topliss-reactive ketones (excluding diaryl/α,β-unsaturated/α-hetero) is 1. The van der Waals surface area contributed by atoms with Gasteiger partial charge in [-0.05, 0) is 18.2 Å². The van der Waals surface area contributed by atoms with Crippen molar-refractivity contribution in [2.24, 2.45) is 5.73 Å². The highest BCUT2D eigenvalue weighted by Crippen LogP contribution is 2.41. The number of amides is 1. The molecular weight excluding hydrogens is 372 g/mol. The van der Waals surface area contributed by atoms with Crippen molar-refractivity contribution in [3.05, 3.63) is 35.5 Å². The summed E-state index contributed by atoms with van der Waals surface area (Å²) >= 11 is 1.48. The fourth-order valence-corrected chi connectivity index (χ4v) is 4.20. The fourth-order valence-electron chi connectivity index (χ4n) is 2.84. The van der Waals surface area contributed by atoms with Gasteiger partial charge in [-0.3, -0.25) is 19.2 Å². The lowest BCUT2D eigenvalue weighted by atomic mass is 9.99. The van der Waals surface area contributed by atoms with Crippen LogP contribution in [0.1, 0.15) is 30.6 Å². The lowest BCUT2D eigenvalue weighted by molar-refractivity contribution is -0.137. The molecule has 2 N–H and O–H groups in total. The fraction of sp³-hybridized carbons (Fsp3) is 0.333. The van der Waals surface area contributed by atoms with E-state index in [0.29, 0.717) is 12.0 Å². The number of thioether (sulfide) groups is 1. The van der Waals surface area contributed by atoms with Crippen LogP contribution in [0.5, 0.6) is 11.5 Å². The molecule has 142 valence electrons. The van der Waals surface area contributed by atoms with E-state index in [1.807, 2.05) is 0 Å². The zero-order valence-electron chi connectivity index (χ0n) is 14.8. The van der Waals surface area contributed by atoms with Gasteiger partial charge in [0.15, 0.2) is 17.3 Å². The molecule has 1 fully saturated rings. The lowest BCUT2D eigenvalue weighted by Gasteiger charge is -2.43. The first-order chi connectivity index (χ1) is 12.8. The normalized spacial score (nSPS) is 20.9. The number of carbonyl (C=O) groups excluding carboxylic acids is 4. The molecule has 1 aromatic rings. The highest BCUT2D eigenvalue weighted by molar-refractivity contribution is 8.00. The largest absolute Gasteiger partial charge is 0.423 e. The van der Waals surface area contributed by atoms with Crippen molar-refractivity contribution in [3.63, 3.8) is 0 Å². The van der Waals surface area contributed by atoms with Gasteiger partial charge in [0.05, 0.1) is 11.8 Å². The minimum Gasteiger partial charge on any atom is -0.423 e. The van der Waals surface area contributed by atoms with Gasteiger partial charge in [-0.1, -0.05) is 0 Å². The number of esters is 2. The number of ketones is 1. The van der Waals surface area contributed by atoms with Gasteiger partial charge in [-0.2, -0.15) is 0 Å². The first-order valence-electron chi connectivity index (χ1n) is 8.24. The number of benzene rings is 1. The predicted octanol–water partition coefficient (Wildman–Crippen LogP) is 1.24. The summed E-state index contributed by atoms with van der Waals surface area (Å²) in [5, 5.41) is -0.220. The van der Waals surface area contributed by atoms with E-state index < -0.39 is 11.9 Å². The number of rotatable bonds is 5. The molecule has 2 heterocycles. The Morgan fingerprint density at radius 3 is 2.44 bits per heavy atom. The minimum atomic E-state index is -0.616. The van der Waals surface area contributed by atoms with Crippen molar-refractivity contribution < 1.29 is 28.7 Å². The smallest absolute Gasteiger partial charge is 0.308 e. The van der Waals surface area contributed by atoms with Gasteiger partial charge >= 0.3 is 11.9 Å². The van der Waals surface area contributed by atoms with Crippen molar-refractivity contribution in [1.29, 1.82) is 0 Å². The zero-order valence-corrected chi connectivity index (χ0v) is 15.6. The van der Waals surface area contributed by atoms with Crippen LogP contribution in [0.2, 0.25) is 0 Å². The Balaban J connectivity index is 1.94. The summed E-state index contributed by atoms with van der Waals surface area (Å²) in [4.78, 5) is 48.8. The van der Waals surface area contributed by atoms with Crippen LogP contribution in [0.4, 0.5) is 0 Å². The molecule has 1 amide bonds. The molecule has 0 bridgehead atoms. The van der Waals surface area contributed by atoms with Crippen molar-refractivity contribution >= 4 is 35.4 Å². The van der Waals surface area contributed by atoms with Crippen molar-refractivity contribution in [1.82, 2.24) is 4.90 Å². The van der Waals surface area contributed by atoms with E-state index >= 15 is 0 Å². The van der Waals surface area contributed by atoms with Crippen LogP contribution in [-0.2, 0) is 14.4 Å². The van der Waals surface area contributed by atoms with Gasteiger partial charge in [-0.25, -0.2) is 0 Å². The highest BCUT2D eigenvalue weighted by Gasteiger charge is 2.42. The average Bonchev–Trinajstić information content (AvgIpc) is 2.60. The highest BCUT2D eigenvalue weighted by atomic mass is 32.2. The van der Waals surface area contributed by atoms with Gasteiger partial charge in [0.2, 0.25) is 5.91 Å². The Kier molecular flexibility index (Phi) is 5.33. The molecule has 3 rings (SSSR count). The molecule has 0 spiro atoms. The average molecular weight is 390 g/mol. The van der Waals surface area contributed by atoms with Gasteiger partial charge in [0, 0.05) is 43.0 Å². The number of β-lactam (4-membered cyclic amide) rings is 1. The van der Waals surface area contributed by atoms with Crippen molar-refractivity contribution in [2.75, 3.05) is 6.54 Å². The third-order valence-corrected chi connectivity index (χ3v) is 5.57. The second kappa shape index (κ2) is 7.53. The first kappa shape index (κ1) is 19.1. The van der Waals surface area contributed by atoms with Gasteiger partial charge < -0.3 is 20.1 Å². The molecule has 1 aromatic carbocycles. The monoisotopic (exact) mass is 390 g/mol. The minimum absolute atomic E-state index is 0.0190. The molecule has 0 aliphatic carbocycles. The Morgan fingerprint density at radius 1 is 1.19 bits per heavy atom. The Hall–Kier alpha value is -2.65. The topological polar surface area (TPSA) is 116 Å². The number of nitrogens with two attached hydrogens (primary N) is 1. The summed E-state index contributed by atoms with van der Waals surface area (Å²) < 4.78 is 10.1. The van der Waals surface area contributed by atoms with Crippen LogP contribution in [0.3, 0.4) is 0 Å². The maximum atomic E-state index is 13.0. The molecular formula is C18H18N2O6S. The van der Waals surface area contributed by atoms with Crippen LogP contribution >= 0.6 is 11.8 Å². The number of nitrogens with zero attached hydrogens (tertiary/aromatic N) is 1. The van der Waals surface area contributed by atoms with E-state index in [4.69, 9.17) is 15.2 Å². The third kappa shape index (κ3) is 3.88. The summed E-state index contributed by atoms with van der Waals surface area (Å²) in [7, 11) is 0. The molecule has 0 saturated carbocycles. The Labute approximate surface area is 159 Å². The summed E-state index contributed by atoms with van der Waals surface area (Å²) in [6.45, 7) is 2.67. The van der Waals surface area contributed by atoms with Gasteiger partial charge in [-0.15, -0.1) is 11.8 Å². The first-order valence-corrected chi connectivity index (χ1v) is 9.18. The summed E-state index contributed by atoms with van der Waals surface area (Å²) in [6.07, 6.45) is 1.99. The number of hydrogen-bond acceptors (Lipinski definition) is 8. The van der Waals surface area contributed by atoms with E-state index in [1.165, 1.54) is 48.7 Å². The van der Waals surface area contributed by atoms with E-state index in [-0.39, 0.29) is 45.9 Å². The summed E-state index contributed by atoms with van der Waals surface area (Å²) in [5.41, 5.74) is 6.45. The van der Waals surface area contributed by atoms with Crippen LogP contribution in [0, 0.1) is 0 Å². The van der Waals surface area contributed by atoms with E-state index in [0.717, 1.165) is 0 Å². The predicted molar refractivity (Wildman–Crippen MR) is 97.2 cm³/mol. The Morgan fingerprint density at radius 2 is 1.85 bits per heavy atom. The van der Waals surface area contributed by atoms with Gasteiger partial charge in [0.25, 0.3) is 0 Å². The molecule has 0 aromatic heterocycles. The van der Waals surface area contributed by atoms with Crippen LogP contribution < -0.4 is 15.2 Å². The van der Waals surface area contributed by atoms with Crippen LogP contribution in [-0.4, -0.2) is 45.7 Å². The molecule has 2 aliphatic rings. The zero-order chi connectivity index (χ0) is 19.7. The number of carbonyl (C=O) groups is 4. The number of hydrogen-bond donors (Lipinski definition) is 1. The standard InChI is InChI=1S/C18H18N2O6S/c1-9(21)25-13-4-3-11(5-14(13)26-10(2)22)18(24)12-8-20-16(23)6-17(20)27-15(12)7-19/h3-5,8,15,17H,6-7,19H2,1-2H3/t15?,17-/m1/s1. The Bertz CT molecular complexity index is 865. The second-order valence-corrected chi connectivity index (χ2v) is 7.47. The van der Waals surface area contributed by atoms with E-state index in [9.17, 15) is 19.2 Å². The molecule has 2 aliphatic heterocycles. The summed E-state index contributed by atoms with van der Waals surface area (Å²) in [6, 6.07) is 4.19. The second-order valence-electron chi connectivity index (χ2n) is 6.08. The van der Waals surface area contributed by atoms with Crippen molar-refractivity contribution in [3.8, 4) is 11.5 Å². The van der Waals surface area contributed by atoms with E-state index in [1.54, 1.807) is 6.20 Å². The van der Waals surface area contributed by atoms with Gasteiger partial charge in [0.1, 0.15) is 0 Å². The van der Waals surface area contributed by atoms with Crippen LogP contribution in [0.15, 0.2) is 30.0 Å². The molecule has 8 nitrogen and oxygen atoms in total. The molecule has 1 saturated heterocycles. The quantitative estimate of drug-likeness (QED) is 0.345. The SMILES string of the molecule is CC(=O)Oc1ccc(C(=O)C2=CN3C(=O)C[C@H]3SC2CN)cc1OC(C)=O. The van der Waals surface area contributed by atoms with Crippen molar-refractivity contribution in [2.45, 2.75) is 30.9 Å². The molecule has 9 heteroatoms. The number of fused-ring (bicyclic) bond motifs is 1. The maximum absolute atomic E-state index is 13.0. The van der Waals surface area contributed by atoms with Crippen LogP contribution in [0.25, 0.3) is 0 Å². The summed E-state index contributed by atoms with van der Waals surface area (Å²) in [5.74, 6) is -1.57. The molecule has 27 heavy (non-hydrogen) atoms. The molecule has 2 atom stereocenters. The molecule has 1 unspecified atom stereocenters.